The van der Waals surface area contributed by atoms with Crippen molar-refractivity contribution in [1.82, 2.24) is 4.72 Å². The van der Waals surface area contributed by atoms with Crippen LogP contribution in [-0.4, -0.2) is 31.6 Å². The molecule has 1 heterocycles. The zero-order chi connectivity index (χ0) is 23.6. The number of carbonyl (C=O) groups is 1. The van der Waals surface area contributed by atoms with Crippen molar-refractivity contribution in [2.45, 2.75) is 36.0 Å². The van der Waals surface area contributed by atoms with Crippen LogP contribution in [0.3, 0.4) is 0 Å². The maximum absolute atomic E-state index is 12.9. The fraction of sp³-hybridized carbons (Fsp3) is 0.240. The molecular weight excluding hydrogens is 440 g/mol. The van der Waals surface area contributed by atoms with E-state index in [0.29, 0.717) is 18.5 Å². The minimum Gasteiger partial charge on any atom is -0.480 e. The van der Waals surface area contributed by atoms with Crippen LogP contribution in [0.15, 0.2) is 84.3 Å². The van der Waals surface area contributed by atoms with Crippen molar-refractivity contribution < 1.29 is 23.1 Å². The summed E-state index contributed by atoms with van der Waals surface area (Å²) in [4.78, 5) is 12.2. The summed E-state index contributed by atoms with van der Waals surface area (Å²) < 4.78 is 34.5. The summed E-state index contributed by atoms with van der Waals surface area (Å²) in [6, 6.07) is 18.1. The molecule has 4 rings (SSSR count). The van der Waals surface area contributed by atoms with E-state index in [1.807, 2.05) is 42.5 Å². The molecule has 0 spiro atoms. The molecule has 0 aromatic heterocycles. The third-order valence-corrected chi connectivity index (χ3v) is 7.50. The summed E-state index contributed by atoms with van der Waals surface area (Å²) in [5, 5.41) is 12.1. The number of carboxylic acids is 1. The molecule has 0 saturated carbocycles. The zero-order valence-corrected chi connectivity index (χ0v) is 18.7. The van der Waals surface area contributed by atoms with E-state index in [0.717, 1.165) is 16.3 Å². The molecule has 4 N–H and O–H groups in total. The quantitative estimate of drug-likeness (QED) is 0.342. The van der Waals surface area contributed by atoms with E-state index in [1.54, 1.807) is 6.08 Å². The van der Waals surface area contributed by atoms with Gasteiger partial charge in [0.25, 0.3) is 0 Å². The number of ether oxygens (including phenoxy) is 1. The molecule has 1 saturated heterocycles. The minimum absolute atomic E-state index is 0.0484. The Balaban J connectivity index is 1.66. The second-order valence-corrected chi connectivity index (χ2v) is 9.88. The van der Waals surface area contributed by atoms with Crippen LogP contribution in [0.5, 0.6) is 0 Å². The highest BCUT2D eigenvalue weighted by atomic mass is 32.2. The van der Waals surface area contributed by atoms with E-state index in [4.69, 9.17) is 10.5 Å². The van der Waals surface area contributed by atoms with Gasteiger partial charge in [-0.05, 0) is 53.4 Å². The van der Waals surface area contributed by atoms with E-state index in [2.05, 4.69) is 11.3 Å². The molecule has 0 amide bonds. The Kier molecular flexibility index (Phi) is 6.51. The number of fused-ring (bicyclic) bond motifs is 1. The van der Waals surface area contributed by atoms with Gasteiger partial charge in [-0.25, -0.2) is 8.42 Å². The number of benzene rings is 3. The van der Waals surface area contributed by atoms with Crippen LogP contribution in [0.2, 0.25) is 0 Å². The van der Waals surface area contributed by atoms with Gasteiger partial charge in [0.1, 0.15) is 6.04 Å². The first-order valence-corrected chi connectivity index (χ1v) is 12.1. The van der Waals surface area contributed by atoms with E-state index < -0.39 is 34.1 Å². The normalized spacial score (nSPS) is 21.6. The van der Waals surface area contributed by atoms with Gasteiger partial charge < -0.3 is 15.6 Å². The second kappa shape index (κ2) is 9.35. The number of aliphatic carboxylic acids is 1. The number of nitrogens with one attached hydrogen (secondary N) is 1. The van der Waals surface area contributed by atoms with Crippen molar-refractivity contribution >= 4 is 32.5 Å². The first-order valence-electron chi connectivity index (χ1n) is 10.6. The highest BCUT2D eigenvalue weighted by molar-refractivity contribution is 7.89. The summed E-state index contributed by atoms with van der Waals surface area (Å²) in [5.74, 6) is -1.84. The fourth-order valence-corrected chi connectivity index (χ4v) is 5.69. The van der Waals surface area contributed by atoms with Gasteiger partial charge in [-0.1, -0.05) is 48.5 Å². The van der Waals surface area contributed by atoms with Crippen LogP contribution in [0.1, 0.15) is 24.5 Å². The number of nitrogens with two attached hydrogens (primary N) is 1. The number of rotatable bonds is 8. The van der Waals surface area contributed by atoms with Crippen molar-refractivity contribution in [2.75, 3.05) is 5.73 Å². The van der Waals surface area contributed by atoms with Gasteiger partial charge in [-0.15, -0.1) is 6.58 Å². The molecular formula is C25H26N2O5S. The highest BCUT2D eigenvalue weighted by Crippen LogP contribution is 2.42. The van der Waals surface area contributed by atoms with Crippen molar-refractivity contribution in [3.8, 4) is 0 Å². The predicted octanol–water partition coefficient (Wildman–Crippen LogP) is 3.88. The molecule has 4 atom stereocenters. The van der Waals surface area contributed by atoms with Crippen LogP contribution in [0.4, 0.5) is 5.69 Å². The van der Waals surface area contributed by atoms with E-state index in [-0.39, 0.29) is 11.0 Å². The first-order chi connectivity index (χ1) is 15.8. The van der Waals surface area contributed by atoms with Crippen LogP contribution < -0.4 is 10.5 Å². The molecule has 8 heteroatoms. The summed E-state index contributed by atoms with van der Waals surface area (Å²) in [5.41, 5.74) is 7.01. The Morgan fingerprint density at radius 3 is 2.55 bits per heavy atom. The first kappa shape index (κ1) is 23.0. The Hall–Kier alpha value is -3.20. The summed E-state index contributed by atoms with van der Waals surface area (Å²) >= 11 is 0. The average molecular weight is 467 g/mol. The average Bonchev–Trinajstić information content (AvgIpc) is 3.21. The second-order valence-electron chi connectivity index (χ2n) is 8.16. The molecule has 172 valence electrons. The maximum atomic E-state index is 12.9. The molecule has 7 nitrogen and oxygen atoms in total. The molecule has 3 aromatic rings. The smallest absolute Gasteiger partial charge is 0.322 e. The number of hydrogen-bond acceptors (Lipinski definition) is 5. The number of anilines is 1. The summed E-state index contributed by atoms with van der Waals surface area (Å²) in [6.45, 7) is 3.76. The Morgan fingerprint density at radius 2 is 1.85 bits per heavy atom. The summed E-state index contributed by atoms with van der Waals surface area (Å²) in [6.07, 6.45) is 1.56. The molecule has 1 unspecified atom stereocenters. The molecule has 0 bridgehead atoms. The van der Waals surface area contributed by atoms with Crippen molar-refractivity contribution in [2.24, 2.45) is 5.92 Å². The SMILES string of the molecule is C=CC[C@@H]1O[C@@H](c2cccc3ccccc23)C[C@@H]1C(NS(=O)(=O)c1ccc(N)cc1)C(=O)O. The zero-order valence-electron chi connectivity index (χ0n) is 17.9. The maximum Gasteiger partial charge on any atom is 0.322 e. The minimum atomic E-state index is -4.08. The third kappa shape index (κ3) is 4.78. The predicted molar refractivity (Wildman–Crippen MR) is 127 cm³/mol. The standard InChI is InChI=1S/C25H26N2O5S/c1-2-6-22-21(15-23(32-22)20-10-5-8-16-7-3-4-9-19(16)20)24(25(28)29)27-33(30,31)18-13-11-17(26)12-14-18/h2-5,7-14,21-24,27H,1,6,15,26H2,(H,28,29)/t21-,22-,23+,24?/m0/s1. The van der Waals surface area contributed by atoms with E-state index in [9.17, 15) is 18.3 Å². The topological polar surface area (TPSA) is 119 Å². The number of hydrogen-bond donors (Lipinski definition) is 3. The lowest BCUT2D eigenvalue weighted by Crippen LogP contribution is -2.48. The van der Waals surface area contributed by atoms with Crippen LogP contribution in [0, 0.1) is 5.92 Å². The summed E-state index contributed by atoms with van der Waals surface area (Å²) in [7, 11) is -4.08. The van der Waals surface area contributed by atoms with Crippen LogP contribution >= 0.6 is 0 Å². The van der Waals surface area contributed by atoms with E-state index in [1.165, 1.54) is 24.3 Å². The third-order valence-electron chi connectivity index (χ3n) is 6.04. The Labute approximate surface area is 192 Å². The molecule has 1 aliphatic rings. The van der Waals surface area contributed by atoms with Gasteiger partial charge in [-0.3, -0.25) is 4.79 Å². The Morgan fingerprint density at radius 1 is 1.15 bits per heavy atom. The van der Waals surface area contributed by atoms with Crippen molar-refractivity contribution in [1.29, 1.82) is 0 Å². The number of sulfonamides is 1. The van der Waals surface area contributed by atoms with Gasteiger partial charge in [0.2, 0.25) is 10.0 Å². The lowest BCUT2D eigenvalue weighted by molar-refractivity contribution is -0.141. The number of carboxylic acid groups (broad SMARTS) is 1. The van der Waals surface area contributed by atoms with Gasteiger partial charge in [-0.2, -0.15) is 4.72 Å². The van der Waals surface area contributed by atoms with E-state index >= 15 is 0 Å². The highest BCUT2D eigenvalue weighted by Gasteiger charge is 2.44. The molecule has 1 fully saturated rings. The van der Waals surface area contributed by atoms with Gasteiger partial charge in [0.15, 0.2) is 0 Å². The largest absolute Gasteiger partial charge is 0.480 e. The molecule has 0 aliphatic carbocycles. The molecule has 1 aliphatic heterocycles. The van der Waals surface area contributed by atoms with Gasteiger partial charge in [0.05, 0.1) is 17.1 Å². The fourth-order valence-electron chi connectivity index (χ4n) is 4.45. The molecule has 0 radical (unpaired) electrons. The van der Waals surface area contributed by atoms with Crippen molar-refractivity contribution in [3.05, 3.63) is 84.9 Å². The van der Waals surface area contributed by atoms with Crippen LogP contribution in [-0.2, 0) is 19.6 Å². The molecule has 3 aromatic carbocycles. The van der Waals surface area contributed by atoms with Gasteiger partial charge in [0, 0.05) is 11.6 Å². The Bertz CT molecular complexity index is 1270. The number of nitrogen functional groups attached to an aromatic ring is 1. The van der Waals surface area contributed by atoms with Crippen molar-refractivity contribution in [3.63, 3.8) is 0 Å². The van der Waals surface area contributed by atoms with Gasteiger partial charge >= 0.3 is 5.97 Å². The lowest BCUT2D eigenvalue weighted by atomic mass is 9.88. The molecule has 33 heavy (non-hydrogen) atoms. The van der Waals surface area contributed by atoms with Crippen LogP contribution in [0.25, 0.3) is 10.8 Å². The monoisotopic (exact) mass is 466 g/mol. The lowest BCUT2D eigenvalue weighted by Gasteiger charge is -2.24.